The van der Waals surface area contributed by atoms with Gasteiger partial charge in [0.1, 0.15) is 0 Å². The second kappa shape index (κ2) is 12.3. The van der Waals surface area contributed by atoms with E-state index in [1.807, 2.05) is 0 Å². The highest BCUT2D eigenvalue weighted by Crippen LogP contribution is 2.26. The second-order valence-electron chi connectivity index (χ2n) is 10.6. The summed E-state index contributed by atoms with van der Waals surface area (Å²) in [6.45, 7) is 11.6. The molecule has 0 unspecified atom stereocenters. The number of carboxylic acids is 2. The highest BCUT2D eigenvalue weighted by molar-refractivity contribution is 5.73. The van der Waals surface area contributed by atoms with Crippen molar-refractivity contribution in [3.63, 3.8) is 0 Å². The Bertz CT molecular complexity index is 731. The van der Waals surface area contributed by atoms with Crippen LogP contribution in [0.5, 0.6) is 0 Å². The maximum Gasteiger partial charge on any atom is 0.309 e. The van der Waals surface area contributed by atoms with Crippen molar-refractivity contribution in [3.05, 3.63) is 34.4 Å². The predicted octanol–water partition coefficient (Wildman–Crippen LogP) is 7.12. The van der Waals surface area contributed by atoms with Gasteiger partial charge in [0, 0.05) is 0 Å². The fourth-order valence-electron chi connectivity index (χ4n) is 3.91. The number of rotatable bonds is 15. The van der Waals surface area contributed by atoms with Crippen molar-refractivity contribution in [2.24, 2.45) is 10.8 Å². The smallest absolute Gasteiger partial charge is 0.309 e. The summed E-state index contributed by atoms with van der Waals surface area (Å²) in [5.74, 6) is -1.42. The fourth-order valence-corrected chi connectivity index (χ4v) is 3.91. The van der Waals surface area contributed by atoms with Gasteiger partial charge in [-0.05, 0) is 102 Å². The molecule has 0 fully saturated rings. The van der Waals surface area contributed by atoms with Crippen LogP contribution in [-0.4, -0.2) is 22.2 Å². The van der Waals surface area contributed by atoms with Gasteiger partial charge in [-0.15, -0.1) is 0 Å². The van der Waals surface area contributed by atoms with Crippen molar-refractivity contribution in [1.29, 1.82) is 0 Å². The Morgan fingerprint density at radius 1 is 0.645 bits per heavy atom. The summed E-state index contributed by atoms with van der Waals surface area (Å²) in [4.78, 5) is 22.4. The summed E-state index contributed by atoms with van der Waals surface area (Å²) in [6.07, 6.45) is 11.0. The molecule has 0 saturated heterocycles. The Morgan fingerprint density at radius 2 is 0.968 bits per heavy atom. The van der Waals surface area contributed by atoms with Crippen LogP contribution in [0.3, 0.4) is 0 Å². The first-order chi connectivity index (χ1) is 14.4. The molecule has 4 nitrogen and oxygen atoms in total. The number of hydrogen-bond acceptors (Lipinski definition) is 2. The highest BCUT2D eigenvalue weighted by atomic mass is 16.4. The molecule has 2 N–H and O–H groups in total. The number of carboxylic acid groups (broad SMARTS) is 2. The third-order valence-corrected chi connectivity index (χ3v) is 6.72. The molecule has 0 spiro atoms. The van der Waals surface area contributed by atoms with Gasteiger partial charge in [0.15, 0.2) is 0 Å². The quantitative estimate of drug-likeness (QED) is 0.289. The molecular formula is C27H44O4. The van der Waals surface area contributed by atoms with Crippen LogP contribution in [0.25, 0.3) is 0 Å². The molecule has 1 aromatic rings. The van der Waals surface area contributed by atoms with Crippen LogP contribution in [-0.2, 0) is 22.4 Å². The van der Waals surface area contributed by atoms with E-state index in [9.17, 15) is 19.8 Å². The Balaban J connectivity index is 2.48. The lowest BCUT2D eigenvalue weighted by Crippen LogP contribution is -2.23. The van der Waals surface area contributed by atoms with Crippen LogP contribution in [0, 0.1) is 24.7 Å². The summed E-state index contributed by atoms with van der Waals surface area (Å²) in [5, 5.41) is 18.5. The zero-order valence-corrected chi connectivity index (χ0v) is 20.6. The van der Waals surface area contributed by atoms with Crippen molar-refractivity contribution >= 4 is 11.9 Å². The van der Waals surface area contributed by atoms with Crippen molar-refractivity contribution in [3.8, 4) is 0 Å². The molecule has 0 heterocycles. The van der Waals surface area contributed by atoms with E-state index in [1.165, 1.54) is 22.3 Å². The van der Waals surface area contributed by atoms with Gasteiger partial charge in [-0.1, -0.05) is 44.2 Å². The third-order valence-electron chi connectivity index (χ3n) is 6.72. The van der Waals surface area contributed by atoms with E-state index in [-0.39, 0.29) is 0 Å². The lowest BCUT2D eigenvalue weighted by atomic mass is 9.86. The van der Waals surface area contributed by atoms with E-state index in [1.54, 1.807) is 27.7 Å². The Morgan fingerprint density at radius 3 is 1.32 bits per heavy atom. The van der Waals surface area contributed by atoms with Gasteiger partial charge in [-0.3, -0.25) is 9.59 Å². The predicted molar refractivity (Wildman–Crippen MR) is 128 cm³/mol. The van der Waals surface area contributed by atoms with E-state index in [0.29, 0.717) is 0 Å². The average Bonchev–Trinajstić information content (AvgIpc) is 2.67. The largest absolute Gasteiger partial charge is 0.481 e. The van der Waals surface area contributed by atoms with Crippen LogP contribution >= 0.6 is 0 Å². The van der Waals surface area contributed by atoms with Crippen molar-refractivity contribution in [1.82, 2.24) is 0 Å². The second-order valence-corrected chi connectivity index (χ2v) is 10.6. The van der Waals surface area contributed by atoms with E-state index in [0.717, 1.165) is 70.6 Å². The van der Waals surface area contributed by atoms with E-state index in [2.05, 4.69) is 26.0 Å². The van der Waals surface area contributed by atoms with Gasteiger partial charge in [0.25, 0.3) is 0 Å². The average molecular weight is 433 g/mol. The minimum absolute atomic E-state index is 0.624. The minimum Gasteiger partial charge on any atom is -0.481 e. The molecule has 0 atom stereocenters. The van der Waals surface area contributed by atoms with Crippen LogP contribution in [0.4, 0.5) is 0 Å². The SMILES string of the molecule is Cc1cc(CCCCCCC(C)(C)C(=O)O)c(CCCCCC(C)(C)C(=O)O)cc1C. The van der Waals surface area contributed by atoms with Gasteiger partial charge in [0.2, 0.25) is 0 Å². The van der Waals surface area contributed by atoms with Gasteiger partial charge < -0.3 is 10.2 Å². The molecule has 4 heteroatoms. The monoisotopic (exact) mass is 432 g/mol. The van der Waals surface area contributed by atoms with Crippen LogP contribution in [0.15, 0.2) is 12.1 Å². The molecule has 0 amide bonds. The maximum absolute atomic E-state index is 11.2. The number of hydrogen-bond donors (Lipinski definition) is 2. The molecule has 1 aromatic carbocycles. The van der Waals surface area contributed by atoms with Crippen LogP contribution in [0.1, 0.15) is 108 Å². The molecule has 0 radical (unpaired) electrons. The summed E-state index contributed by atoms with van der Waals surface area (Å²) >= 11 is 0. The lowest BCUT2D eigenvalue weighted by Gasteiger charge is -2.19. The molecule has 0 bridgehead atoms. The summed E-state index contributed by atoms with van der Waals surface area (Å²) in [6, 6.07) is 4.67. The number of benzene rings is 1. The highest BCUT2D eigenvalue weighted by Gasteiger charge is 2.26. The van der Waals surface area contributed by atoms with Crippen molar-refractivity contribution in [2.45, 2.75) is 112 Å². The molecule has 0 aromatic heterocycles. The molecular weight excluding hydrogens is 388 g/mol. The summed E-state index contributed by atoms with van der Waals surface area (Å²) < 4.78 is 0. The number of carbonyl (C=O) groups is 2. The Hall–Kier alpha value is -1.84. The molecule has 1 rings (SSSR count). The number of aryl methyl sites for hydroxylation is 4. The molecule has 176 valence electrons. The van der Waals surface area contributed by atoms with E-state index in [4.69, 9.17) is 0 Å². The zero-order chi connectivity index (χ0) is 23.7. The zero-order valence-electron chi connectivity index (χ0n) is 20.6. The number of unbranched alkanes of at least 4 members (excludes halogenated alkanes) is 5. The summed E-state index contributed by atoms with van der Waals surface area (Å²) in [5.41, 5.74) is 4.30. The first-order valence-electron chi connectivity index (χ1n) is 11.9. The Kier molecular flexibility index (Phi) is 10.8. The van der Waals surface area contributed by atoms with Gasteiger partial charge in [-0.25, -0.2) is 0 Å². The molecule has 0 aliphatic rings. The topological polar surface area (TPSA) is 74.6 Å². The van der Waals surface area contributed by atoms with E-state index >= 15 is 0 Å². The maximum atomic E-state index is 11.2. The van der Waals surface area contributed by atoms with Crippen LogP contribution < -0.4 is 0 Å². The normalized spacial score (nSPS) is 12.2. The van der Waals surface area contributed by atoms with Gasteiger partial charge in [-0.2, -0.15) is 0 Å². The molecule has 0 aliphatic carbocycles. The number of aliphatic carboxylic acids is 2. The Labute approximate surface area is 189 Å². The van der Waals surface area contributed by atoms with Gasteiger partial charge >= 0.3 is 11.9 Å². The first kappa shape index (κ1) is 27.2. The van der Waals surface area contributed by atoms with E-state index < -0.39 is 22.8 Å². The molecule has 31 heavy (non-hydrogen) atoms. The minimum atomic E-state index is -0.713. The summed E-state index contributed by atoms with van der Waals surface area (Å²) in [7, 11) is 0. The lowest BCUT2D eigenvalue weighted by molar-refractivity contribution is -0.148. The first-order valence-corrected chi connectivity index (χ1v) is 11.9. The molecule has 0 saturated carbocycles. The molecule has 0 aliphatic heterocycles. The standard InChI is InChI=1S/C27H44O4/c1-20-18-22(14-10-7-8-12-16-26(3,4)24(28)29)23(19-21(20)2)15-11-9-13-17-27(5,6)25(30)31/h18-19H,7-17H2,1-6H3,(H,28,29)(H,30,31). The fraction of sp³-hybridized carbons (Fsp3) is 0.704. The van der Waals surface area contributed by atoms with Gasteiger partial charge in [0.05, 0.1) is 10.8 Å². The van der Waals surface area contributed by atoms with Crippen molar-refractivity contribution < 1.29 is 19.8 Å². The van der Waals surface area contributed by atoms with Crippen LogP contribution in [0.2, 0.25) is 0 Å². The van der Waals surface area contributed by atoms with Crippen molar-refractivity contribution in [2.75, 3.05) is 0 Å². The third kappa shape index (κ3) is 9.45.